The van der Waals surface area contributed by atoms with E-state index in [0.29, 0.717) is 0 Å². The molecule has 0 bridgehead atoms. The van der Waals surface area contributed by atoms with Crippen molar-refractivity contribution >= 4 is 28.9 Å². The van der Waals surface area contributed by atoms with Gasteiger partial charge in [0.1, 0.15) is 0 Å². The van der Waals surface area contributed by atoms with E-state index in [4.69, 9.17) is 0 Å². The summed E-state index contributed by atoms with van der Waals surface area (Å²) in [4.78, 5) is 18.9. The number of aryl methyl sites for hydroxylation is 1. The highest BCUT2D eigenvalue weighted by molar-refractivity contribution is 8.01. The standard InChI is InChI=1S/C20H26N2OS2/c1-16-15-18(19(23)17-7-4-3-5-8-17)20(25-16)24-14-6-9-22-12-10-21(2)11-13-22/h3-5,7-8,15H,6,9-14H2,1-2H3. The van der Waals surface area contributed by atoms with Crippen LogP contribution in [0, 0.1) is 6.92 Å². The summed E-state index contributed by atoms with van der Waals surface area (Å²) < 4.78 is 1.17. The topological polar surface area (TPSA) is 23.6 Å². The molecule has 1 aromatic heterocycles. The van der Waals surface area contributed by atoms with Gasteiger partial charge in [-0.2, -0.15) is 0 Å². The van der Waals surface area contributed by atoms with E-state index >= 15 is 0 Å². The Kier molecular flexibility index (Phi) is 6.70. The van der Waals surface area contributed by atoms with E-state index in [0.717, 1.165) is 23.4 Å². The van der Waals surface area contributed by atoms with Crippen molar-refractivity contribution < 1.29 is 4.79 Å². The van der Waals surface area contributed by atoms with E-state index in [-0.39, 0.29) is 5.78 Å². The van der Waals surface area contributed by atoms with Gasteiger partial charge in [-0.3, -0.25) is 4.79 Å². The molecule has 0 spiro atoms. The molecule has 134 valence electrons. The molecule has 1 aliphatic rings. The van der Waals surface area contributed by atoms with Gasteiger partial charge in [0.25, 0.3) is 0 Å². The van der Waals surface area contributed by atoms with Crippen molar-refractivity contribution in [3.05, 3.63) is 52.4 Å². The predicted octanol–water partition coefficient (Wildman–Crippen LogP) is 4.02. The van der Waals surface area contributed by atoms with Crippen molar-refractivity contribution in [2.24, 2.45) is 0 Å². The van der Waals surface area contributed by atoms with Gasteiger partial charge in [-0.05, 0) is 33.0 Å². The third-order valence-corrected chi connectivity index (χ3v) is 6.97. The van der Waals surface area contributed by atoms with E-state index in [9.17, 15) is 4.79 Å². The molecule has 0 aliphatic carbocycles. The van der Waals surface area contributed by atoms with Gasteiger partial charge in [0, 0.05) is 47.9 Å². The monoisotopic (exact) mass is 374 g/mol. The molecule has 1 aliphatic heterocycles. The molecule has 0 saturated carbocycles. The molecule has 25 heavy (non-hydrogen) atoms. The van der Waals surface area contributed by atoms with Crippen LogP contribution in [-0.2, 0) is 0 Å². The average Bonchev–Trinajstić information content (AvgIpc) is 3.01. The van der Waals surface area contributed by atoms with Crippen molar-refractivity contribution in [3.63, 3.8) is 0 Å². The number of likely N-dealkylation sites (N-methyl/N-ethyl adjacent to an activating group) is 1. The Labute approximate surface area is 159 Å². The van der Waals surface area contributed by atoms with Crippen LogP contribution >= 0.6 is 23.1 Å². The van der Waals surface area contributed by atoms with Gasteiger partial charge in [-0.15, -0.1) is 23.1 Å². The molecule has 1 saturated heterocycles. The first-order chi connectivity index (χ1) is 12.1. The van der Waals surface area contributed by atoms with Crippen molar-refractivity contribution in [2.45, 2.75) is 17.6 Å². The molecule has 3 nitrogen and oxygen atoms in total. The highest BCUT2D eigenvalue weighted by atomic mass is 32.2. The van der Waals surface area contributed by atoms with Gasteiger partial charge in [0.2, 0.25) is 0 Å². The molecule has 2 heterocycles. The maximum absolute atomic E-state index is 12.8. The van der Waals surface area contributed by atoms with Crippen molar-refractivity contribution in [2.75, 3.05) is 45.5 Å². The number of nitrogens with zero attached hydrogens (tertiary/aromatic N) is 2. The summed E-state index contributed by atoms with van der Waals surface area (Å²) in [7, 11) is 2.19. The first kappa shape index (κ1) is 18.6. The highest BCUT2D eigenvalue weighted by Crippen LogP contribution is 2.33. The first-order valence-electron chi connectivity index (χ1n) is 8.87. The molecule has 5 heteroatoms. The number of thioether (sulfide) groups is 1. The number of benzene rings is 1. The van der Waals surface area contributed by atoms with E-state index < -0.39 is 0 Å². The van der Waals surface area contributed by atoms with Gasteiger partial charge >= 0.3 is 0 Å². The lowest BCUT2D eigenvalue weighted by Gasteiger charge is -2.32. The van der Waals surface area contributed by atoms with Crippen LogP contribution in [0.1, 0.15) is 27.2 Å². The summed E-state index contributed by atoms with van der Waals surface area (Å²) >= 11 is 3.59. The lowest BCUT2D eigenvalue weighted by atomic mass is 10.1. The second-order valence-electron chi connectivity index (χ2n) is 6.60. The van der Waals surface area contributed by atoms with Gasteiger partial charge in [0.05, 0.1) is 4.21 Å². The summed E-state index contributed by atoms with van der Waals surface area (Å²) in [5.74, 6) is 1.22. The molecule has 1 fully saturated rings. The number of rotatable bonds is 7. The third-order valence-electron chi connectivity index (χ3n) is 4.55. The molecule has 3 rings (SSSR count). The predicted molar refractivity (Wildman–Crippen MR) is 108 cm³/mol. The van der Waals surface area contributed by atoms with Crippen molar-refractivity contribution in [3.8, 4) is 0 Å². The lowest BCUT2D eigenvalue weighted by molar-refractivity contribution is 0.103. The van der Waals surface area contributed by atoms with Crippen LogP contribution in [0.15, 0.2) is 40.6 Å². The molecule has 0 radical (unpaired) electrons. The maximum Gasteiger partial charge on any atom is 0.195 e. The van der Waals surface area contributed by atoms with Gasteiger partial charge in [-0.1, -0.05) is 30.3 Å². The van der Waals surface area contributed by atoms with Crippen molar-refractivity contribution in [1.82, 2.24) is 9.80 Å². The number of ketones is 1. The van der Waals surface area contributed by atoms with E-state index in [1.807, 2.05) is 48.2 Å². The average molecular weight is 375 g/mol. The number of piperazine rings is 1. The van der Waals surface area contributed by atoms with E-state index in [1.54, 1.807) is 11.3 Å². The maximum atomic E-state index is 12.8. The Hall–Kier alpha value is -1.14. The van der Waals surface area contributed by atoms with Crippen LogP contribution < -0.4 is 0 Å². The molecule has 0 unspecified atom stereocenters. The Balaban J connectivity index is 1.54. The Bertz CT molecular complexity index is 691. The molecular formula is C20H26N2OS2. The largest absolute Gasteiger partial charge is 0.304 e. The number of hydrogen-bond acceptors (Lipinski definition) is 5. The number of carbonyl (C=O) groups is 1. The van der Waals surface area contributed by atoms with E-state index in [1.165, 1.54) is 41.7 Å². The quantitative estimate of drug-likeness (QED) is 0.415. The molecule has 0 amide bonds. The minimum atomic E-state index is 0.145. The van der Waals surface area contributed by atoms with Gasteiger partial charge < -0.3 is 9.80 Å². The van der Waals surface area contributed by atoms with Crippen LogP contribution in [0.5, 0.6) is 0 Å². The zero-order valence-electron chi connectivity index (χ0n) is 15.0. The smallest absolute Gasteiger partial charge is 0.195 e. The first-order valence-corrected chi connectivity index (χ1v) is 10.7. The van der Waals surface area contributed by atoms with Crippen LogP contribution in [0.4, 0.5) is 0 Å². The normalized spacial score (nSPS) is 16.2. The van der Waals surface area contributed by atoms with Crippen LogP contribution in [0.3, 0.4) is 0 Å². The van der Waals surface area contributed by atoms with Gasteiger partial charge in [-0.25, -0.2) is 0 Å². The summed E-state index contributed by atoms with van der Waals surface area (Å²) in [6.07, 6.45) is 1.17. The SMILES string of the molecule is Cc1cc(C(=O)c2ccccc2)c(SCCCN2CCN(C)CC2)s1. The van der Waals surface area contributed by atoms with Crippen molar-refractivity contribution in [1.29, 1.82) is 0 Å². The fourth-order valence-electron chi connectivity index (χ4n) is 3.03. The van der Waals surface area contributed by atoms with Crippen LogP contribution in [0.25, 0.3) is 0 Å². The van der Waals surface area contributed by atoms with E-state index in [2.05, 4.69) is 23.8 Å². The highest BCUT2D eigenvalue weighted by Gasteiger charge is 2.17. The summed E-state index contributed by atoms with van der Waals surface area (Å²) in [5, 5.41) is 0. The molecular weight excluding hydrogens is 348 g/mol. The second-order valence-corrected chi connectivity index (χ2v) is 9.22. The Morgan fingerprint density at radius 2 is 1.88 bits per heavy atom. The fourth-order valence-corrected chi connectivity index (χ4v) is 5.40. The zero-order valence-corrected chi connectivity index (χ0v) is 16.7. The molecule has 0 atom stereocenters. The van der Waals surface area contributed by atoms with Gasteiger partial charge in [0.15, 0.2) is 5.78 Å². The number of hydrogen-bond donors (Lipinski definition) is 0. The Morgan fingerprint density at radius 1 is 1.16 bits per heavy atom. The Morgan fingerprint density at radius 3 is 2.60 bits per heavy atom. The summed E-state index contributed by atoms with van der Waals surface area (Å²) in [6, 6.07) is 11.6. The minimum Gasteiger partial charge on any atom is -0.304 e. The molecule has 0 N–H and O–H groups in total. The summed E-state index contributed by atoms with van der Waals surface area (Å²) in [5.41, 5.74) is 1.65. The summed E-state index contributed by atoms with van der Waals surface area (Å²) in [6.45, 7) is 7.95. The minimum absolute atomic E-state index is 0.145. The fraction of sp³-hybridized carbons (Fsp3) is 0.450. The number of thiophene rings is 1. The molecule has 2 aromatic rings. The zero-order chi connectivity index (χ0) is 17.6. The second kappa shape index (κ2) is 8.99. The van der Waals surface area contributed by atoms with Crippen LogP contribution in [-0.4, -0.2) is 61.1 Å². The number of carbonyl (C=O) groups excluding carboxylic acids is 1. The third kappa shape index (κ3) is 5.17. The lowest BCUT2D eigenvalue weighted by Crippen LogP contribution is -2.44. The van der Waals surface area contributed by atoms with Crippen LogP contribution in [0.2, 0.25) is 0 Å². The molecule has 1 aromatic carbocycles.